The van der Waals surface area contributed by atoms with Gasteiger partial charge in [-0.05, 0) is 6.07 Å². The van der Waals surface area contributed by atoms with Gasteiger partial charge in [-0.15, -0.1) is 0 Å². The van der Waals surface area contributed by atoms with Crippen LogP contribution in [0.25, 0.3) is 10.9 Å². The van der Waals surface area contributed by atoms with E-state index in [2.05, 4.69) is 20.4 Å². The Morgan fingerprint density at radius 3 is 2.86 bits per heavy atom. The van der Waals surface area contributed by atoms with Gasteiger partial charge in [0.15, 0.2) is 5.82 Å². The molecule has 0 saturated carbocycles. The Bertz CT molecular complexity index is 812. The van der Waals surface area contributed by atoms with Crippen molar-refractivity contribution in [3.05, 3.63) is 48.2 Å². The van der Waals surface area contributed by atoms with Crippen LogP contribution in [0.15, 0.2) is 36.8 Å². The molecule has 0 aliphatic heterocycles. The fourth-order valence-electron chi connectivity index (χ4n) is 2.13. The largest absolute Gasteiger partial charge is 0.478 e. The fourth-order valence-corrected chi connectivity index (χ4v) is 2.13. The molecule has 21 heavy (non-hydrogen) atoms. The zero-order valence-corrected chi connectivity index (χ0v) is 11.3. The molecule has 0 aliphatic rings. The van der Waals surface area contributed by atoms with E-state index >= 15 is 0 Å². The molecule has 3 aromatic rings. The normalized spacial score (nSPS) is 10.7. The topological polar surface area (TPSA) is 92.9 Å². The summed E-state index contributed by atoms with van der Waals surface area (Å²) in [5.41, 5.74) is 1.39. The highest BCUT2D eigenvalue weighted by atomic mass is 16.4. The number of aromatic carboxylic acids is 1. The van der Waals surface area contributed by atoms with Gasteiger partial charge in [0, 0.05) is 18.6 Å². The number of rotatable bonds is 4. The smallest absolute Gasteiger partial charge is 0.339 e. The van der Waals surface area contributed by atoms with E-state index in [-0.39, 0.29) is 5.56 Å². The van der Waals surface area contributed by atoms with Crippen molar-refractivity contribution in [2.24, 2.45) is 7.05 Å². The molecule has 0 spiro atoms. The van der Waals surface area contributed by atoms with E-state index in [1.54, 1.807) is 18.1 Å². The Labute approximate surface area is 120 Å². The maximum atomic E-state index is 11.4. The summed E-state index contributed by atoms with van der Waals surface area (Å²) in [7, 11) is 1.78. The molecule has 7 heteroatoms. The summed E-state index contributed by atoms with van der Waals surface area (Å²) in [5.74, 6) is -0.431. The van der Waals surface area contributed by atoms with Crippen LogP contribution in [-0.4, -0.2) is 30.8 Å². The van der Waals surface area contributed by atoms with Crippen molar-refractivity contribution in [1.82, 2.24) is 19.7 Å². The molecule has 7 nitrogen and oxygen atoms in total. The minimum atomic E-state index is -1.02. The van der Waals surface area contributed by atoms with Crippen LogP contribution in [0, 0.1) is 0 Å². The van der Waals surface area contributed by atoms with Crippen LogP contribution in [0.4, 0.5) is 5.69 Å². The molecule has 0 saturated heterocycles. The van der Waals surface area contributed by atoms with Gasteiger partial charge in [0.25, 0.3) is 0 Å². The van der Waals surface area contributed by atoms with Gasteiger partial charge < -0.3 is 10.4 Å². The van der Waals surface area contributed by atoms with Gasteiger partial charge in [-0.2, -0.15) is 5.10 Å². The number of carboxylic acids is 1. The third-order valence-electron chi connectivity index (χ3n) is 3.08. The molecule has 0 aliphatic carbocycles. The molecule has 1 aromatic carbocycles. The van der Waals surface area contributed by atoms with Crippen molar-refractivity contribution in [1.29, 1.82) is 0 Å². The Morgan fingerprint density at radius 2 is 2.14 bits per heavy atom. The molecule has 0 radical (unpaired) electrons. The summed E-state index contributed by atoms with van der Waals surface area (Å²) in [6.07, 6.45) is 2.96. The second kappa shape index (κ2) is 5.20. The summed E-state index contributed by atoms with van der Waals surface area (Å²) in [4.78, 5) is 19.6. The SMILES string of the molecule is Cn1cnc(CNc2c(C(=O)O)cnc3ccccc23)n1. The average molecular weight is 283 g/mol. The van der Waals surface area contributed by atoms with Gasteiger partial charge in [-0.1, -0.05) is 18.2 Å². The molecule has 3 rings (SSSR count). The molecule has 2 aromatic heterocycles. The maximum absolute atomic E-state index is 11.4. The van der Waals surface area contributed by atoms with E-state index in [0.29, 0.717) is 18.1 Å². The van der Waals surface area contributed by atoms with Crippen LogP contribution in [0.3, 0.4) is 0 Å². The van der Waals surface area contributed by atoms with E-state index in [1.807, 2.05) is 24.3 Å². The Kier molecular flexibility index (Phi) is 3.23. The number of carbonyl (C=O) groups is 1. The molecular weight excluding hydrogens is 270 g/mol. The Morgan fingerprint density at radius 1 is 1.33 bits per heavy atom. The standard InChI is InChI=1S/C14H13N5O2/c1-19-8-17-12(18-19)7-16-13-9-4-2-3-5-11(9)15-6-10(13)14(20)21/h2-6,8H,7H2,1H3,(H,15,16)(H,20,21). The lowest BCUT2D eigenvalue weighted by atomic mass is 10.1. The predicted octanol–water partition coefficient (Wildman–Crippen LogP) is 1.67. The first-order valence-corrected chi connectivity index (χ1v) is 6.34. The second-order valence-corrected chi connectivity index (χ2v) is 4.56. The molecule has 0 unspecified atom stereocenters. The number of aromatic nitrogens is 4. The zero-order valence-electron chi connectivity index (χ0n) is 11.3. The maximum Gasteiger partial charge on any atom is 0.339 e. The number of anilines is 1. The summed E-state index contributed by atoms with van der Waals surface area (Å²) in [6, 6.07) is 7.38. The average Bonchev–Trinajstić information content (AvgIpc) is 2.90. The zero-order chi connectivity index (χ0) is 14.8. The first-order chi connectivity index (χ1) is 10.1. The minimum absolute atomic E-state index is 0.129. The van der Waals surface area contributed by atoms with E-state index in [1.165, 1.54) is 6.20 Å². The molecule has 0 amide bonds. The lowest BCUT2D eigenvalue weighted by Crippen LogP contribution is -2.09. The monoisotopic (exact) mass is 283 g/mol. The highest BCUT2D eigenvalue weighted by Crippen LogP contribution is 2.26. The lowest BCUT2D eigenvalue weighted by Gasteiger charge is -2.11. The lowest BCUT2D eigenvalue weighted by molar-refractivity contribution is 0.0697. The Hall–Kier alpha value is -2.96. The van der Waals surface area contributed by atoms with Crippen molar-refractivity contribution in [2.75, 3.05) is 5.32 Å². The number of aryl methyl sites for hydroxylation is 1. The summed E-state index contributed by atoms with van der Waals surface area (Å²) in [5, 5.41) is 17.3. The molecule has 106 valence electrons. The summed E-state index contributed by atoms with van der Waals surface area (Å²) in [6.45, 7) is 0.342. The van der Waals surface area contributed by atoms with Crippen molar-refractivity contribution < 1.29 is 9.90 Å². The van der Waals surface area contributed by atoms with Crippen molar-refractivity contribution >= 4 is 22.6 Å². The molecule has 0 fully saturated rings. The fraction of sp³-hybridized carbons (Fsp3) is 0.143. The van der Waals surface area contributed by atoms with Crippen molar-refractivity contribution in [2.45, 2.75) is 6.54 Å². The summed E-state index contributed by atoms with van der Waals surface area (Å²) < 4.78 is 1.60. The molecule has 2 heterocycles. The van der Waals surface area contributed by atoms with Gasteiger partial charge >= 0.3 is 5.97 Å². The number of nitrogens with zero attached hydrogens (tertiary/aromatic N) is 4. The second-order valence-electron chi connectivity index (χ2n) is 4.56. The van der Waals surface area contributed by atoms with Crippen LogP contribution >= 0.6 is 0 Å². The highest BCUT2D eigenvalue weighted by Gasteiger charge is 2.14. The minimum Gasteiger partial charge on any atom is -0.478 e. The highest BCUT2D eigenvalue weighted by molar-refractivity contribution is 6.04. The molecule has 0 bridgehead atoms. The molecular formula is C14H13N5O2. The number of pyridine rings is 1. The van der Waals surface area contributed by atoms with E-state index in [4.69, 9.17) is 0 Å². The van der Waals surface area contributed by atoms with Crippen LogP contribution < -0.4 is 5.32 Å². The van der Waals surface area contributed by atoms with E-state index in [0.717, 1.165) is 10.9 Å². The first-order valence-electron chi connectivity index (χ1n) is 6.34. The number of nitrogens with one attached hydrogen (secondary N) is 1. The third kappa shape index (κ3) is 2.53. The van der Waals surface area contributed by atoms with Crippen LogP contribution in [0.2, 0.25) is 0 Å². The van der Waals surface area contributed by atoms with Gasteiger partial charge in [0.1, 0.15) is 11.9 Å². The number of hydrogen-bond acceptors (Lipinski definition) is 5. The first kappa shape index (κ1) is 13.0. The number of carboxylic acid groups (broad SMARTS) is 1. The molecule has 0 atom stereocenters. The van der Waals surface area contributed by atoms with Gasteiger partial charge in [-0.3, -0.25) is 9.67 Å². The third-order valence-corrected chi connectivity index (χ3v) is 3.08. The number of para-hydroxylation sites is 1. The number of benzene rings is 1. The summed E-state index contributed by atoms with van der Waals surface area (Å²) >= 11 is 0. The van der Waals surface area contributed by atoms with E-state index < -0.39 is 5.97 Å². The van der Waals surface area contributed by atoms with Crippen molar-refractivity contribution in [3.8, 4) is 0 Å². The Balaban J connectivity index is 2.01. The van der Waals surface area contributed by atoms with Gasteiger partial charge in [-0.25, -0.2) is 9.78 Å². The predicted molar refractivity (Wildman–Crippen MR) is 77.0 cm³/mol. The number of fused-ring (bicyclic) bond motifs is 1. The van der Waals surface area contributed by atoms with Crippen molar-refractivity contribution in [3.63, 3.8) is 0 Å². The van der Waals surface area contributed by atoms with Gasteiger partial charge in [0.05, 0.1) is 17.7 Å². The van der Waals surface area contributed by atoms with E-state index in [9.17, 15) is 9.90 Å². The van der Waals surface area contributed by atoms with Gasteiger partial charge in [0.2, 0.25) is 0 Å². The number of hydrogen-bond donors (Lipinski definition) is 2. The van der Waals surface area contributed by atoms with Crippen LogP contribution in [0.1, 0.15) is 16.2 Å². The van der Waals surface area contributed by atoms with Crippen LogP contribution in [0.5, 0.6) is 0 Å². The molecule has 2 N–H and O–H groups in total. The van der Waals surface area contributed by atoms with Crippen LogP contribution in [-0.2, 0) is 13.6 Å². The quantitative estimate of drug-likeness (QED) is 0.756.